The Morgan fingerprint density at radius 1 is 1.35 bits per heavy atom. The number of halogens is 1. The number of benzene rings is 1. The van der Waals surface area contributed by atoms with Crippen molar-refractivity contribution in [2.45, 2.75) is 24.8 Å². The number of carbonyl (C=O) groups excluding carboxylic acids is 1. The Bertz CT molecular complexity index is 416. The molecule has 0 aliphatic carbocycles. The quantitative estimate of drug-likeness (QED) is 0.849. The number of nitrogens with two attached hydrogens (primary N) is 1. The van der Waals surface area contributed by atoms with Gasteiger partial charge in [-0.15, -0.1) is 12.4 Å². The largest absolute Gasteiger partial charge is 0.340 e. The summed E-state index contributed by atoms with van der Waals surface area (Å²) in [4.78, 5) is 14.0. The van der Waals surface area contributed by atoms with E-state index in [1.54, 1.807) is 11.8 Å². The third-order valence-electron chi connectivity index (χ3n) is 3.68. The Morgan fingerprint density at radius 3 is 2.70 bits per heavy atom. The molecule has 5 heteroatoms. The summed E-state index contributed by atoms with van der Waals surface area (Å²) in [6.07, 6.45) is 3.68. The lowest BCUT2D eigenvalue weighted by atomic mass is 9.95. The molecular weight excluding hydrogens is 292 g/mol. The van der Waals surface area contributed by atoms with Crippen LogP contribution in [0.15, 0.2) is 30.3 Å². The van der Waals surface area contributed by atoms with Crippen molar-refractivity contribution in [3.63, 3.8) is 0 Å². The predicted molar refractivity (Wildman–Crippen MR) is 88.6 cm³/mol. The van der Waals surface area contributed by atoms with Crippen molar-refractivity contribution >= 4 is 30.1 Å². The summed E-state index contributed by atoms with van der Waals surface area (Å²) in [5.74, 6) is 1.59. The zero-order valence-electron chi connectivity index (χ0n) is 11.8. The van der Waals surface area contributed by atoms with E-state index in [9.17, 15) is 4.79 Å². The van der Waals surface area contributed by atoms with Gasteiger partial charge in [-0.2, -0.15) is 11.8 Å². The molecule has 2 atom stereocenters. The molecule has 20 heavy (non-hydrogen) atoms. The van der Waals surface area contributed by atoms with Gasteiger partial charge >= 0.3 is 0 Å². The fraction of sp³-hybridized carbons (Fsp3) is 0.533. The maximum Gasteiger partial charge on any atom is 0.222 e. The minimum atomic E-state index is 0. The average molecular weight is 315 g/mol. The first-order valence-corrected chi connectivity index (χ1v) is 8.19. The number of likely N-dealkylation sites (tertiary alicyclic amines) is 1. The molecule has 3 nitrogen and oxygen atoms in total. The zero-order valence-corrected chi connectivity index (χ0v) is 13.5. The molecule has 2 rings (SSSR count). The molecule has 1 aromatic rings. The van der Waals surface area contributed by atoms with Gasteiger partial charge in [-0.05, 0) is 24.0 Å². The smallest absolute Gasteiger partial charge is 0.222 e. The molecule has 1 heterocycles. The Kier molecular flexibility index (Phi) is 7.41. The van der Waals surface area contributed by atoms with Gasteiger partial charge in [0.25, 0.3) is 0 Å². The Labute approximate surface area is 131 Å². The highest BCUT2D eigenvalue weighted by Crippen LogP contribution is 2.26. The first-order chi connectivity index (χ1) is 9.22. The first-order valence-electron chi connectivity index (χ1n) is 6.79. The fourth-order valence-corrected chi connectivity index (χ4v) is 3.04. The van der Waals surface area contributed by atoms with E-state index in [0.717, 1.165) is 18.7 Å². The second-order valence-electron chi connectivity index (χ2n) is 5.08. The Balaban J connectivity index is 0.00000200. The minimum Gasteiger partial charge on any atom is -0.340 e. The molecule has 0 unspecified atom stereocenters. The zero-order chi connectivity index (χ0) is 13.7. The van der Waals surface area contributed by atoms with E-state index in [1.165, 1.54) is 5.56 Å². The third kappa shape index (κ3) is 4.40. The second kappa shape index (κ2) is 8.55. The van der Waals surface area contributed by atoms with Gasteiger partial charge in [0.1, 0.15) is 0 Å². The van der Waals surface area contributed by atoms with E-state index < -0.39 is 0 Å². The van der Waals surface area contributed by atoms with E-state index in [4.69, 9.17) is 5.73 Å². The normalized spacial score (nSPS) is 21.6. The number of hydrogen-bond acceptors (Lipinski definition) is 3. The topological polar surface area (TPSA) is 46.3 Å². The predicted octanol–water partition coefficient (Wildman–Crippen LogP) is 2.50. The molecule has 2 N–H and O–H groups in total. The van der Waals surface area contributed by atoms with E-state index in [0.29, 0.717) is 13.0 Å². The molecule has 0 aromatic heterocycles. The van der Waals surface area contributed by atoms with Gasteiger partial charge in [0, 0.05) is 31.5 Å². The van der Waals surface area contributed by atoms with Crippen molar-refractivity contribution in [1.29, 1.82) is 0 Å². The molecule has 1 aliphatic heterocycles. The van der Waals surface area contributed by atoms with Crippen molar-refractivity contribution in [3.05, 3.63) is 35.9 Å². The number of nitrogens with zero attached hydrogens (tertiary/aromatic N) is 1. The van der Waals surface area contributed by atoms with E-state index >= 15 is 0 Å². The Morgan fingerprint density at radius 2 is 2.05 bits per heavy atom. The molecule has 112 valence electrons. The van der Waals surface area contributed by atoms with Crippen molar-refractivity contribution in [2.75, 3.05) is 25.1 Å². The van der Waals surface area contributed by atoms with E-state index in [1.807, 2.05) is 23.1 Å². The van der Waals surface area contributed by atoms with Gasteiger partial charge in [0.15, 0.2) is 0 Å². The second-order valence-corrected chi connectivity index (χ2v) is 6.06. The molecule has 1 aliphatic rings. The lowest BCUT2D eigenvalue weighted by Crippen LogP contribution is -2.32. The van der Waals surface area contributed by atoms with Crippen molar-refractivity contribution in [3.8, 4) is 0 Å². The molecule has 1 saturated heterocycles. The molecule has 0 saturated carbocycles. The van der Waals surface area contributed by atoms with Crippen LogP contribution in [0, 0.1) is 0 Å². The molecule has 1 aromatic carbocycles. The van der Waals surface area contributed by atoms with Crippen LogP contribution in [0.5, 0.6) is 0 Å². The van der Waals surface area contributed by atoms with Gasteiger partial charge in [0.05, 0.1) is 0 Å². The number of amides is 1. The van der Waals surface area contributed by atoms with Crippen molar-refractivity contribution in [1.82, 2.24) is 4.90 Å². The SMILES string of the molecule is CSCCCC(=O)N1C[C@@H](N)[C@H](c2ccccc2)C1.Cl. The van der Waals surface area contributed by atoms with Crippen molar-refractivity contribution in [2.24, 2.45) is 5.73 Å². The lowest BCUT2D eigenvalue weighted by Gasteiger charge is -2.16. The van der Waals surface area contributed by atoms with Crippen LogP contribution < -0.4 is 5.73 Å². The lowest BCUT2D eigenvalue weighted by molar-refractivity contribution is -0.130. The van der Waals surface area contributed by atoms with Gasteiger partial charge in [-0.25, -0.2) is 0 Å². The summed E-state index contributed by atoms with van der Waals surface area (Å²) in [6, 6.07) is 10.3. The maximum absolute atomic E-state index is 12.1. The molecule has 0 radical (unpaired) electrons. The highest BCUT2D eigenvalue weighted by atomic mass is 35.5. The maximum atomic E-state index is 12.1. The van der Waals surface area contributed by atoms with Crippen LogP contribution in [0.1, 0.15) is 24.3 Å². The molecule has 0 spiro atoms. The highest BCUT2D eigenvalue weighted by Gasteiger charge is 2.33. The number of carbonyl (C=O) groups is 1. The number of hydrogen-bond donors (Lipinski definition) is 1. The van der Waals surface area contributed by atoms with Crippen LogP contribution in [0.4, 0.5) is 0 Å². The van der Waals surface area contributed by atoms with Crippen LogP contribution >= 0.6 is 24.2 Å². The van der Waals surface area contributed by atoms with Crippen molar-refractivity contribution < 1.29 is 4.79 Å². The van der Waals surface area contributed by atoms with Crippen LogP contribution in [0.2, 0.25) is 0 Å². The van der Waals surface area contributed by atoms with Crippen LogP contribution in [0.3, 0.4) is 0 Å². The summed E-state index contributed by atoms with van der Waals surface area (Å²) in [7, 11) is 0. The summed E-state index contributed by atoms with van der Waals surface area (Å²) in [6.45, 7) is 1.46. The standard InChI is InChI=1S/C15H22N2OS.ClH/c1-19-9-5-8-15(18)17-10-13(14(16)11-17)12-6-3-2-4-7-12;/h2-4,6-7,13-14H,5,8-11,16H2,1H3;1H/t13-,14+;/m0./s1. The van der Waals surface area contributed by atoms with Gasteiger partial charge in [0.2, 0.25) is 5.91 Å². The van der Waals surface area contributed by atoms with Gasteiger partial charge in [-0.1, -0.05) is 30.3 Å². The minimum absolute atomic E-state index is 0. The van der Waals surface area contributed by atoms with E-state index in [-0.39, 0.29) is 30.3 Å². The highest BCUT2D eigenvalue weighted by molar-refractivity contribution is 7.98. The van der Waals surface area contributed by atoms with Gasteiger partial charge in [-0.3, -0.25) is 4.79 Å². The molecular formula is C15H23ClN2OS. The fourth-order valence-electron chi connectivity index (χ4n) is 2.61. The third-order valence-corrected chi connectivity index (χ3v) is 4.38. The summed E-state index contributed by atoms with van der Waals surface area (Å²) >= 11 is 1.79. The molecule has 1 fully saturated rings. The number of rotatable bonds is 5. The van der Waals surface area contributed by atoms with E-state index in [2.05, 4.69) is 18.4 Å². The van der Waals surface area contributed by atoms with Gasteiger partial charge < -0.3 is 10.6 Å². The number of thioether (sulfide) groups is 1. The first kappa shape index (κ1) is 17.3. The summed E-state index contributed by atoms with van der Waals surface area (Å²) < 4.78 is 0. The van der Waals surface area contributed by atoms with Crippen LogP contribution in [0.25, 0.3) is 0 Å². The molecule has 1 amide bonds. The van der Waals surface area contributed by atoms with Crippen LogP contribution in [-0.2, 0) is 4.79 Å². The Hall–Kier alpha value is -0.710. The summed E-state index contributed by atoms with van der Waals surface area (Å²) in [5, 5.41) is 0. The summed E-state index contributed by atoms with van der Waals surface area (Å²) in [5.41, 5.74) is 7.44. The monoisotopic (exact) mass is 314 g/mol. The average Bonchev–Trinajstić information content (AvgIpc) is 2.82. The molecule has 0 bridgehead atoms. The van der Waals surface area contributed by atoms with Crippen LogP contribution in [-0.4, -0.2) is 41.9 Å².